The predicted octanol–water partition coefficient (Wildman–Crippen LogP) is 4.95. The SMILES string of the molecule is C=CCCC(=O)NCCNC(=O)CCC=C.CCC(Oc1ccc(C)cc1C)C(=O)Nc1cccc(C(=O)O)c1. The first kappa shape index (κ1) is 33.6. The number of rotatable bonds is 15. The average Bonchev–Trinajstić information content (AvgIpc) is 2.93. The molecule has 2 aromatic rings. The minimum Gasteiger partial charge on any atom is -0.480 e. The van der Waals surface area contributed by atoms with Crippen LogP contribution in [-0.4, -0.2) is 48.0 Å². The zero-order valence-electron chi connectivity index (χ0n) is 23.6. The van der Waals surface area contributed by atoms with E-state index in [1.807, 2.05) is 39.0 Å². The van der Waals surface area contributed by atoms with Gasteiger partial charge in [0.1, 0.15) is 5.75 Å². The van der Waals surface area contributed by atoms with Crippen LogP contribution in [0.5, 0.6) is 5.75 Å². The lowest BCUT2D eigenvalue weighted by atomic mass is 10.1. The van der Waals surface area contributed by atoms with E-state index in [4.69, 9.17) is 9.84 Å². The molecule has 40 heavy (non-hydrogen) atoms. The summed E-state index contributed by atoms with van der Waals surface area (Å²) in [6.45, 7) is 13.8. The van der Waals surface area contributed by atoms with Gasteiger partial charge in [-0.2, -0.15) is 0 Å². The number of benzene rings is 2. The third-order valence-electron chi connectivity index (χ3n) is 5.56. The zero-order chi connectivity index (χ0) is 29.9. The third kappa shape index (κ3) is 13.4. The second-order valence-electron chi connectivity index (χ2n) is 9.01. The number of aryl methyl sites for hydroxylation is 2. The highest BCUT2D eigenvalue weighted by atomic mass is 16.5. The molecule has 0 aromatic heterocycles. The van der Waals surface area contributed by atoms with Crippen LogP contribution in [0.25, 0.3) is 0 Å². The molecular formula is C31H41N3O6. The van der Waals surface area contributed by atoms with E-state index in [9.17, 15) is 19.2 Å². The second-order valence-corrected chi connectivity index (χ2v) is 9.01. The predicted molar refractivity (Wildman–Crippen MR) is 158 cm³/mol. The van der Waals surface area contributed by atoms with E-state index in [0.717, 1.165) is 11.1 Å². The van der Waals surface area contributed by atoms with Crippen molar-refractivity contribution in [2.75, 3.05) is 18.4 Å². The minimum atomic E-state index is -1.04. The molecule has 3 amide bonds. The normalized spacial score (nSPS) is 10.7. The second kappa shape index (κ2) is 18.8. The summed E-state index contributed by atoms with van der Waals surface area (Å²) >= 11 is 0. The van der Waals surface area contributed by atoms with Gasteiger partial charge in [0.15, 0.2) is 6.10 Å². The van der Waals surface area contributed by atoms with E-state index < -0.39 is 12.1 Å². The molecule has 0 aliphatic rings. The zero-order valence-corrected chi connectivity index (χ0v) is 23.6. The first-order valence-electron chi connectivity index (χ1n) is 13.2. The number of carboxylic acid groups (broad SMARTS) is 1. The lowest BCUT2D eigenvalue weighted by Gasteiger charge is -2.19. The van der Waals surface area contributed by atoms with E-state index in [2.05, 4.69) is 29.1 Å². The Bertz CT molecular complexity index is 1140. The molecule has 9 heteroatoms. The summed E-state index contributed by atoms with van der Waals surface area (Å²) in [6.07, 6.45) is 5.52. The largest absolute Gasteiger partial charge is 0.480 e. The monoisotopic (exact) mass is 551 g/mol. The maximum atomic E-state index is 12.4. The number of hydrogen-bond donors (Lipinski definition) is 4. The Morgan fingerprint density at radius 1 is 0.925 bits per heavy atom. The molecule has 0 fully saturated rings. The van der Waals surface area contributed by atoms with Gasteiger partial charge in [-0.1, -0.05) is 42.8 Å². The number of carbonyl (C=O) groups is 4. The van der Waals surface area contributed by atoms with Crippen molar-refractivity contribution in [3.8, 4) is 5.75 Å². The Morgan fingerprint density at radius 2 is 1.52 bits per heavy atom. The van der Waals surface area contributed by atoms with Crippen LogP contribution in [0.4, 0.5) is 5.69 Å². The first-order valence-corrected chi connectivity index (χ1v) is 13.2. The van der Waals surface area contributed by atoms with Crippen LogP contribution in [-0.2, 0) is 14.4 Å². The van der Waals surface area contributed by atoms with Gasteiger partial charge in [-0.25, -0.2) is 4.79 Å². The molecule has 0 heterocycles. The molecule has 1 unspecified atom stereocenters. The molecule has 2 rings (SSSR count). The van der Waals surface area contributed by atoms with E-state index in [1.165, 1.54) is 12.1 Å². The summed E-state index contributed by atoms with van der Waals surface area (Å²) in [5, 5.41) is 17.1. The maximum absolute atomic E-state index is 12.4. The molecule has 2 aromatic carbocycles. The molecule has 0 aliphatic carbocycles. The van der Waals surface area contributed by atoms with Crippen LogP contribution < -0.4 is 20.7 Å². The fourth-order valence-electron chi connectivity index (χ4n) is 3.41. The van der Waals surface area contributed by atoms with Gasteiger partial charge >= 0.3 is 5.97 Å². The van der Waals surface area contributed by atoms with Gasteiger partial charge in [0.2, 0.25) is 11.8 Å². The molecule has 4 N–H and O–H groups in total. The topological polar surface area (TPSA) is 134 Å². The minimum absolute atomic E-state index is 0.0137. The highest BCUT2D eigenvalue weighted by molar-refractivity contribution is 5.96. The highest BCUT2D eigenvalue weighted by Gasteiger charge is 2.19. The summed E-state index contributed by atoms with van der Waals surface area (Å²) in [7, 11) is 0. The summed E-state index contributed by atoms with van der Waals surface area (Å²) in [6, 6.07) is 11.9. The summed E-state index contributed by atoms with van der Waals surface area (Å²) in [5.41, 5.74) is 2.65. The van der Waals surface area contributed by atoms with E-state index >= 15 is 0 Å². The number of ether oxygens (including phenoxy) is 1. The van der Waals surface area contributed by atoms with Crippen molar-refractivity contribution < 1.29 is 29.0 Å². The molecule has 0 saturated heterocycles. The Kier molecular flexibility index (Phi) is 15.8. The maximum Gasteiger partial charge on any atom is 0.335 e. The van der Waals surface area contributed by atoms with Crippen LogP contribution in [0, 0.1) is 13.8 Å². The first-order chi connectivity index (χ1) is 19.1. The van der Waals surface area contributed by atoms with Crippen LogP contribution in [0.2, 0.25) is 0 Å². The van der Waals surface area contributed by atoms with Crippen LogP contribution >= 0.6 is 0 Å². The number of carboxylic acids is 1. The number of nitrogens with one attached hydrogen (secondary N) is 3. The quantitative estimate of drug-likeness (QED) is 0.183. The molecule has 0 radical (unpaired) electrons. The molecule has 0 spiro atoms. The smallest absolute Gasteiger partial charge is 0.335 e. The van der Waals surface area contributed by atoms with E-state index in [0.29, 0.717) is 56.6 Å². The number of carbonyl (C=O) groups excluding carboxylic acids is 3. The number of hydrogen-bond acceptors (Lipinski definition) is 5. The Morgan fingerprint density at radius 3 is 2.02 bits per heavy atom. The van der Waals surface area contributed by atoms with Crippen molar-refractivity contribution in [3.63, 3.8) is 0 Å². The fourth-order valence-corrected chi connectivity index (χ4v) is 3.41. The van der Waals surface area contributed by atoms with Crippen molar-refractivity contribution in [1.82, 2.24) is 10.6 Å². The lowest BCUT2D eigenvalue weighted by molar-refractivity contribution is -0.123. The Balaban J connectivity index is 0.000000437. The van der Waals surface area contributed by atoms with Crippen LogP contribution in [0.1, 0.15) is 60.5 Å². The number of allylic oxidation sites excluding steroid dienone is 2. The van der Waals surface area contributed by atoms with Gasteiger partial charge in [-0.3, -0.25) is 14.4 Å². The molecule has 216 valence electrons. The van der Waals surface area contributed by atoms with Gasteiger partial charge in [-0.05, 0) is 62.9 Å². The Labute approximate surface area is 236 Å². The summed E-state index contributed by atoms with van der Waals surface area (Å²) in [4.78, 5) is 45.7. The highest BCUT2D eigenvalue weighted by Crippen LogP contribution is 2.21. The molecular weight excluding hydrogens is 510 g/mol. The molecule has 0 bridgehead atoms. The standard InChI is InChI=1S/C19H21NO4.C12H20N2O2/c1-4-16(24-17-9-8-12(2)10-13(17)3)18(21)20-15-7-5-6-14(11-15)19(22)23;1-3-5-7-11(15)13-9-10-14-12(16)8-6-4-2/h5-11,16H,4H2,1-3H3,(H,20,21)(H,22,23);3-4H,1-2,5-10H2,(H,13,15)(H,14,16). The fraction of sp³-hybridized carbons (Fsp3) is 0.355. The molecule has 0 aliphatic heterocycles. The molecule has 1 atom stereocenters. The van der Waals surface area contributed by atoms with Crippen molar-refractivity contribution in [2.24, 2.45) is 0 Å². The summed E-state index contributed by atoms with van der Waals surface area (Å²) in [5.74, 6) is -0.702. The molecule has 9 nitrogen and oxygen atoms in total. The van der Waals surface area contributed by atoms with Gasteiger partial charge < -0.3 is 25.8 Å². The van der Waals surface area contributed by atoms with Crippen molar-refractivity contribution in [2.45, 2.75) is 59.0 Å². The molecule has 0 saturated carbocycles. The van der Waals surface area contributed by atoms with Crippen molar-refractivity contribution >= 4 is 29.4 Å². The van der Waals surface area contributed by atoms with Gasteiger partial charge in [0.05, 0.1) is 5.56 Å². The number of amides is 3. The van der Waals surface area contributed by atoms with Crippen molar-refractivity contribution in [1.29, 1.82) is 0 Å². The third-order valence-corrected chi connectivity index (χ3v) is 5.56. The van der Waals surface area contributed by atoms with Crippen molar-refractivity contribution in [3.05, 3.63) is 84.5 Å². The van der Waals surface area contributed by atoms with Crippen LogP contribution in [0.15, 0.2) is 67.8 Å². The van der Waals surface area contributed by atoms with Gasteiger partial charge in [0, 0.05) is 31.6 Å². The van der Waals surface area contributed by atoms with Crippen LogP contribution in [0.3, 0.4) is 0 Å². The Hall–Kier alpha value is -4.40. The lowest BCUT2D eigenvalue weighted by Crippen LogP contribution is -2.34. The number of aromatic carboxylic acids is 1. The summed E-state index contributed by atoms with van der Waals surface area (Å²) < 4.78 is 5.83. The average molecular weight is 552 g/mol. The van der Waals surface area contributed by atoms with E-state index in [1.54, 1.807) is 24.3 Å². The van der Waals surface area contributed by atoms with Gasteiger partial charge in [0.25, 0.3) is 5.91 Å². The number of anilines is 1. The van der Waals surface area contributed by atoms with Gasteiger partial charge in [-0.15, -0.1) is 13.2 Å². The van der Waals surface area contributed by atoms with E-state index in [-0.39, 0.29) is 23.3 Å².